The predicted molar refractivity (Wildman–Crippen MR) is 89.2 cm³/mol. The van der Waals surface area contributed by atoms with Gasteiger partial charge in [0.25, 0.3) is 5.91 Å². The van der Waals surface area contributed by atoms with Gasteiger partial charge in [0.15, 0.2) is 0 Å². The SMILES string of the molecule is CCN(C(=O)c1cnc(NCC(C)C)nc1)c1ccccc1. The minimum absolute atomic E-state index is 0.0934. The fourth-order valence-electron chi connectivity index (χ4n) is 2.03. The second kappa shape index (κ2) is 7.54. The Morgan fingerprint density at radius 1 is 1.18 bits per heavy atom. The van der Waals surface area contributed by atoms with E-state index in [1.165, 1.54) is 0 Å². The van der Waals surface area contributed by atoms with E-state index in [0.29, 0.717) is 24.0 Å². The van der Waals surface area contributed by atoms with Gasteiger partial charge < -0.3 is 10.2 Å². The Hall–Kier alpha value is -2.43. The van der Waals surface area contributed by atoms with Gasteiger partial charge in [-0.3, -0.25) is 4.79 Å². The molecule has 5 nitrogen and oxygen atoms in total. The highest BCUT2D eigenvalue weighted by molar-refractivity contribution is 6.05. The first-order valence-electron chi connectivity index (χ1n) is 7.54. The molecule has 1 heterocycles. The summed E-state index contributed by atoms with van der Waals surface area (Å²) in [5.74, 6) is 0.968. The zero-order chi connectivity index (χ0) is 15.9. The molecule has 0 spiro atoms. The molecule has 0 unspecified atom stereocenters. The molecule has 0 fully saturated rings. The van der Waals surface area contributed by atoms with Gasteiger partial charge in [-0.25, -0.2) is 9.97 Å². The Labute approximate surface area is 131 Å². The van der Waals surface area contributed by atoms with E-state index in [1.54, 1.807) is 17.3 Å². The summed E-state index contributed by atoms with van der Waals surface area (Å²) in [7, 11) is 0. The molecule has 0 saturated carbocycles. The van der Waals surface area contributed by atoms with Crippen LogP contribution in [0.1, 0.15) is 31.1 Å². The number of para-hydroxylation sites is 1. The number of aromatic nitrogens is 2. The van der Waals surface area contributed by atoms with Crippen molar-refractivity contribution in [2.24, 2.45) is 5.92 Å². The number of nitrogens with zero attached hydrogens (tertiary/aromatic N) is 3. The molecule has 5 heteroatoms. The highest BCUT2D eigenvalue weighted by Gasteiger charge is 2.16. The minimum atomic E-state index is -0.0934. The van der Waals surface area contributed by atoms with Crippen LogP contribution in [-0.2, 0) is 0 Å². The summed E-state index contributed by atoms with van der Waals surface area (Å²) in [5, 5.41) is 3.14. The minimum Gasteiger partial charge on any atom is -0.354 e. The second-order valence-electron chi connectivity index (χ2n) is 5.46. The lowest BCUT2D eigenvalue weighted by atomic mass is 10.2. The monoisotopic (exact) mass is 298 g/mol. The van der Waals surface area contributed by atoms with Gasteiger partial charge in [0.2, 0.25) is 5.95 Å². The van der Waals surface area contributed by atoms with E-state index in [-0.39, 0.29) is 5.91 Å². The van der Waals surface area contributed by atoms with Crippen molar-refractivity contribution in [2.75, 3.05) is 23.3 Å². The summed E-state index contributed by atoms with van der Waals surface area (Å²) in [5.41, 5.74) is 1.36. The molecule has 0 aliphatic rings. The Morgan fingerprint density at radius 2 is 1.82 bits per heavy atom. The molecule has 0 radical (unpaired) electrons. The number of amides is 1. The van der Waals surface area contributed by atoms with Gasteiger partial charge >= 0.3 is 0 Å². The van der Waals surface area contributed by atoms with Gasteiger partial charge in [-0.05, 0) is 25.0 Å². The molecule has 22 heavy (non-hydrogen) atoms. The van der Waals surface area contributed by atoms with Crippen molar-refractivity contribution in [3.05, 3.63) is 48.3 Å². The number of hydrogen-bond acceptors (Lipinski definition) is 4. The summed E-state index contributed by atoms with van der Waals surface area (Å²) in [6.45, 7) is 7.58. The molecule has 1 aromatic carbocycles. The van der Waals surface area contributed by atoms with Crippen molar-refractivity contribution in [3.63, 3.8) is 0 Å². The van der Waals surface area contributed by atoms with E-state index in [4.69, 9.17) is 0 Å². The lowest BCUT2D eigenvalue weighted by Crippen LogP contribution is -2.30. The summed E-state index contributed by atoms with van der Waals surface area (Å²) < 4.78 is 0. The maximum Gasteiger partial charge on any atom is 0.261 e. The fourth-order valence-corrected chi connectivity index (χ4v) is 2.03. The van der Waals surface area contributed by atoms with E-state index in [9.17, 15) is 4.79 Å². The van der Waals surface area contributed by atoms with Crippen LogP contribution >= 0.6 is 0 Å². The maximum atomic E-state index is 12.6. The Morgan fingerprint density at radius 3 is 2.36 bits per heavy atom. The second-order valence-corrected chi connectivity index (χ2v) is 5.46. The van der Waals surface area contributed by atoms with Crippen molar-refractivity contribution >= 4 is 17.5 Å². The molecule has 0 aliphatic carbocycles. The standard InChI is InChI=1S/C17H22N4O/c1-4-21(15-8-6-5-7-9-15)16(22)14-11-19-17(20-12-14)18-10-13(2)3/h5-9,11-13H,4,10H2,1-3H3,(H,18,19,20). The van der Waals surface area contributed by atoms with Gasteiger partial charge in [-0.2, -0.15) is 0 Å². The molecular formula is C17H22N4O. The van der Waals surface area contributed by atoms with E-state index in [1.807, 2.05) is 37.3 Å². The van der Waals surface area contributed by atoms with Gasteiger partial charge in [-0.1, -0.05) is 32.0 Å². The maximum absolute atomic E-state index is 12.6. The summed E-state index contributed by atoms with van der Waals surface area (Å²) in [6, 6.07) is 9.60. The smallest absolute Gasteiger partial charge is 0.261 e. The van der Waals surface area contributed by atoms with E-state index >= 15 is 0 Å². The first-order chi connectivity index (χ1) is 10.6. The van der Waals surface area contributed by atoms with E-state index in [2.05, 4.69) is 29.1 Å². The van der Waals surface area contributed by atoms with Crippen molar-refractivity contribution < 1.29 is 4.79 Å². The number of anilines is 2. The number of nitrogens with one attached hydrogen (secondary N) is 1. The summed E-state index contributed by atoms with van der Waals surface area (Å²) in [4.78, 5) is 22.7. The third kappa shape index (κ3) is 4.04. The molecule has 2 aromatic rings. The molecule has 1 amide bonds. The lowest BCUT2D eigenvalue weighted by Gasteiger charge is -2.20. The zero-order valence-corrected chi connectivity index (χ0v) is 13.3. The molecule has 116 valence electrons. The number of benzene rings is 1. The zero-order valence-electron chi connectivity index (χ0n) is 13.3. The normalized spacial score (nSPS) is 10.5. The van der Waals surface area contributed by atoms with Crippen LogP contribution in [0.4, 0.5) is 11.6 Å². The Bertz CT molecular complexity index is 596. The highest BCUT2D eigenvalue weighted by atomic mass is 16.2. The quantitative estimate of drug-likeness (QED) is 0.889. The van der Waals surface area contributed by atoms with Crippen LogP contribution in [0.25, 0.3) is 0 Å². The molecule has 0 bridgehead atoms. The van der Waals surface area contributed by atoms with E-state index in [0.717, 1.165) is 12.2 Å². The summed E-state index contributed by atoms with van der Waals surface area (Å²) in [6.07, 6.45) is 3.15. The third-order valence-corrected chi connectivity index (χ3v) is 3.20. The van der Waals surface area contributed by atoms with Crippen LogP contribution in [0.3, 0.4) is 0 Å². The van der Waals surface area contributed by atoms with Crippen molar-refractivity contribution in [3.8, 4) is 0 Å². The van der Waals surface area contributed by atoms with Gasteiger partial charge in [-0.15, -0.1) is 0 Å². The number of carbonyl (C=O) groups is 1. The van der Waals surface area contributed by atoms with Crippen LogP contribution in [-0.4, -0.2) is 29.0 Å². The van der Waals surface area contributed by atoms with Crippen molar-refractivity contribution in [1.29, 1.82) is 0 Å². The largest absolute Gasteiger partial charge is 0.354 e. The molecule has 0 aliphatic heterocycles. The average Bonchev–Trinajstić information content (AvgIpc) is 2.55. The van der Waals surface area contributed by atoms with Gasteiger partial charge in [0.05, 0.1) is 5.56 Å². The van der Waals surface area contributed by atoms with Crippen molar-refractivity contribution in [2.45, 2.75) is 20.8 Å². The first kappa shape index (κ1) is 15.9. The highest BCUT2D eigenvalue weighted by Crippen LogP contribution is 2.16. The lowest BCUT2D eigenvalue weighted by molar-refractivity contribution is 0.0987. The van der Waals surface area contributed by atoms with Crippen LogP contribution in [0, 0.1) is 5.92 Å². The Kier molecular flexibility index (Phi) is 5.47. The predicted octanol–water partition coefficient (Wildman–Crippen LogP) is 3.21. The topological polar surface area (TPSA) is 58.1 Å². The molecule has 1 aromatic heterocycles. The Balaban J connectivity index is 2.11. The number of carbonyl (C=O) groups excluding carboxylic acids is 1. The van der Waals surface area contributed by atoms with Crippen LogP contribution in [0.2, 0.25) is 0 Å². The van der Waals surface area contributed by atoms with Gasteiger partial charge in [0, 0.05) is 31.2 Å². The first-order valence-corrected chi connectivity index (χ1v) is 7.54. The molecule has 0 saturated heterocycles. The van der Waals surface area contributed by atoms with Gasteiger partial charge in [0.1, 0.15) is 0 Å². The molecule has 0 atom stereocenters. The average molecular weight is 298 g/mol. The fraction of sp³-hybridized carbons (Fsp3) is 0.353. The van der Waals surface area contributed by atoms with Crippen LogP contribution in [0.5, 0.6) is 0 Å². The molecule has 2 rings (SSSR count). The number of rotatable bonds is 6. The van der Waals surface area contributed by atoms with Crippen molar-refractivity contribution in [1.82, 2.24) is 9.97 Å². The molecular weight excluding hydrogens is 276 g/mol. The van der Waals surface area contributed by atoms with Crippen LogP contribution in [0.15, 0.2) is 42.7 Å². The molecule has 1 N–H and O–H groups in total. The summed E-state index contributed by atoms with van der Waals surface area (Å²) >= 11 is 0. The van der Waals surface area contributed by atoms with Crippen LogP contribution < -0.4 is 10.2 Å². The number of hydrogen-bond donors (Lipinski definition) is 1. The van der Waals surface area contributed by atoms with E-state index < -0.39 is 0 Å². The third-order valence-electron chi connectivity index (χ3n) is 3.20.